The van der Waals surface area contributed by atoms with Gasteiger partial charge in [-0.25, -0.2) is 4.79 Å². The molecule has 0 saturated heterocycles. The van der Waals surface area contributed by atoms with Gasteiger partial charge in [-0.1, -0.05) is 11.6 Å². The van der Waals surface area contributed by atoms with E-state index in [4.69, 9.17) is 25.7 Å². The zero-order valence-electron chi connectivity index (χ0n) is 15.5. The first-order chi connectivity index (χ1) is 12.5. The molecule has 8 nitrogen and oxygen atoms in total. The molecule has 0 radical (unpaired) electrons. The largest absolute Gasteiger partial charge is 0.547 e. The second kappa shape index (κ2) is 8.18. The van der Waals surface area contributed by atoms with Crippen molar-refractivity contribution in [1.29, 1.82) is 0 Å². The van der Waals surface area contributed by atoms with Gasteiger partial charge in [-0.05, 0) is 44.9 Å². The van der Waals surface area contributed by atoms with Crippen molar-refractivity contribution in [1.82, 2.24) is 5.32 Å². The summed E-state index contributed by atoms with van der Waals surface area (Å²) in [4.78, 5) is 35.3. The van der Waals surface area contributed by atoms with E-state index in [-0.39, 0.29) is 28.7 Å². The summed E-state index contributed by atoms with van der Waals surface area (Å²) in [7, 11) is -1.34. The molecule has 1 atom stereocenters. The lowest BCUT2D eigenvalue weighted by atomic mass is 9.72. The van der Waals surface area contributed by atoms with Crippen molar-refractivity contribution in [3.63, 3.8) is 0 Å². The Morgan fingerprint density at radius 2 is 2.00 bits per heavy atom. The fraction of sp³-hybridized carbons (Fsp3) is 0.471. The van der Waals surface area contributed by atoms with Crippen molar-refractivity contribution in [3.05, 3.63) is 28.3 Å². The van der Waals surface area contributed by atoms with E-state index in [1.165, 1.54) is 13.0 Å². The number of fused-ring (bicyclic) bond motifs is 1. The lowest BCUT2D eigenvalue weighted by Gasteiger charge is -2.29. The van der Waals surface area contributed by atoms with Gasteiger partial charge in [-0.3, -0.25) is 9.59 Å². The molecule has 1 aliphatic rings. The minimum atomic E-state index is -1.34. The Labute approximate surface area is 162 Å². The van der Waals surface area contributed by atoms with Crippen LogP contribution >= 0.6 is 11.6 Å². The van der Waals surface area contributed by atoms with Gasteiger partial charge in [0.25, 0.3) is 0 Å². The molecule has 0 spiro atoms. The van der Waals surface area contributed by atoms with Crippen molar-refractivity contribution in [2.45, 2.75) is 40.1 Å². The van der Waals surface area contributed by atoms with E-state index in [0.29, 0.717) is 5.56 Å². The van der Waals surface area contributed by atoms with E-state index in [2.05, 4.69) is 5.32 Å². The van der Waals surface area contributed by atoms with Crippen LogP contribution in [0, 0.1) is 5.41 Å². The van der Waals surface area contributed by atoms with Gasteiger partial charge in [-0.2, -0.15) is 0 Å². The summed E-state index contributed by atoms with van der Waals surface area (Å²) < 4.78 is 15.3. The molecule has 2 N–H and O–H groups in total. The summed E-state index contributed by atoms with van der Waals surface area (Å²) in [6, 6.07) is 2.91. The first-order valence-electron chi connectivity index (χ1n) is 8.27. The molecule has 0 bridgehead atoms. The standard InChI is InChI=1S/C17H21BClNO7/c1-9(21)20-13-6-10-5-11(19)7-12(14(10)27-18(13)24)15(22)25-8-26-16(23)17(2,3)4/h5,7,13,24H,6,8H2,1-4H3,(H,20,21). The second-order valence-corrected chi connectivity index (χ2v) is 7.63. The number of ether oxygens (including phenoxy) is 2. The Balaban J connectivity index is 2.14. The number of benzene rings is 1. The van der Waals surface area contributed by atoms with Crippen LogP contribution < -0.4 is 9.97 Å². The van der Waals surface area contributed by atoms with Crippen molar-refractivity contribution in [2.75, 3.05) is 6.79 Å². The summed E-state index contributed by atoms with van der Waals surface area (Å²) in [5.74, 6) is -2.23. The van der Waals surface area contributed by atoms with Crippen LogP contribution in [0.15, 0.2) is 12.1 Å². The van der Waals surface area contributed by atoms with Gasteiger partial charge in [0.05, 0.1) is 11.4 Å². The number of carbonyl (C=O) groups is 3. The fourth-order valence-electron chi connectivity index (χ4n) is 2.45. The smallest absolute Gasteiger partial charge is 0.534 e. The zero-order valence-corrected chi connectivity index (χ0v) is 16.3. The van der Waals surface area contributed by atoms with Crippen LogP contribution in [-0.4, -0.2) is 42.7 Å². The minimum Gasteiger partial charge on any atom is -0.534 e. The molecule has 1 amide bonds. The molecule has 0 aromatic heterocycles. The summed E-state index contributed by atoms with van der Waals surface area (Å²) in [5, 5.41) is 12.9. The van der Waals surface area contributed by atoms with Crippen LogP contribution in [0.3, 0.4) is 0 Å². The van der Waals surface area contributed by atoms with Gasteiger partial charge in [0, 0.05) is 11.9 Å². The number of rotatable bonds is 4. The molecule has 1 aromatic carbocycles. The van der Waals surface area contributed by atoms with Crippen LogP contribution in [0.5, 0.6) is 5.75 Å². The van der Waals surface area contributed by atoms with Crippen LogP contribution in [0.25, 0.3) is 0 Å². The zero-order chi connectivity index (χ0) is 20.4. The van der Waals surface area contributed by atoms with Gasteiger partial charge < -0.3 is 24.5 Å². The molecule has 10 heteroatoms. The van der Waals surface area contributed by atoms with E-state index < -0.39 is 37.2 Å². The molecule has 146 valence electrons. The van der Waals surface area contributed by atoms with Gasteiger partial charge in [0.15, 0.2) is 0 Å². The molecular formula is C17H21BClNO7. The number of carbonyl (C=O) groups excluding carboxylic acids is 3. The molecule has 1 heterocycles. The number of halogens is 1. The Kier molecular flexibility index (Phi) is 6.38. The minimum absolute atomic E-state index is 0.00960. The first kappa shape index (κ1) is 21.0. The van der Waals surface area contributed by atoms with Gasteiger partial charge >= 0.3 is 19.1 Å². The highest BCUT2D eigenvalue weighted by Crippen LogP contribution is 2.33. The third kappa shape index (κ3) is 5.37. The van der Waals surface area contributed by atoms with Crippen molar-refractivity contribution in [3.8, 4) is 5.75 Å². The van der Waals surface area contributed by atoms with E-state index in [0.717, 1.165) is 0 Å². The predicted octanol–water partition coefficient (Wildman–Crippen LogP) is 1.50. The van der Waals surface area contributed by atoms with E-state index in [1.54, 1.807) is 26.8 Å². The van der Waals surface area contributed by atoms with Crippen molar-refractivity contribution >= 4 is 36.6 Å². The van der Waals surface area contributed by atoms with Crippen LogP contribution in [0.2, 0.25) is 5.02 Å². The molecule has 0 aliphatic carbocycles. The molecular weight excluding hydrogens is 376 g/mol. The maximum Gasteiger partial charge on any atom is 0.547 e. The molecule has 1 aromatic rings. The second-order valence-electron chi connectivity index (χ2n) is 7.19. The van der Waals surface area contributed by atoms with E-state index in [1.807, 2.05) is 0 Å². The molecule has 27 heavy (non-hydrogen) atoms. The lowest BCUT2D eigenvalue weighted by molar-refractivity contribution is -0.161. The average Bonchev–Trinajstić information content (AvgIpc) is 2.53. The van der Waals surface area contributed by atoms with Crippen LogP contribution in [0.4, 0.5) is 0 Å². The number of esters is 2. The highest BCUT2D eigenvalue weighted by Gasteiger charge is 2.38. The Morgan fingerprint density at radius 3 is 2.59 bits per heavy atom. The number of amides is 1. The lowest BCUT2D eigenvalue weighted by Crippen LogP contribution is -2.52. The van der Waals surface area contributed by atoms with Crippen molar-refractivity contribution < 1.29 is 33.5 Å². The average molecular weight is 398 g/mol. The Morgan fingerprint density at radius 1 is 1.33 bits per heavy atom. The van der Waals surface area contributed by atoms with E-state index >= 15 is 0 Å². The molecule has 2 rings (SSSR count). The normalized spacial score (nSPS) is 16.1. The first-order valence-corrected chi connectivity index (χ1v) is 8.65. The van der Waals surface area contributed by atoms with Gasteiger partial charge in [0.2, 0.25) is 12.7 Å². The van der Waals surface area contributed by atoms with Crippen LogP contribution in [0.1, 0.15) is 43.6 Å². The summed E-state index contributed by atoms with van der Waals surface area (Å²) in [5.41, 5.74) is -0.206. The predicted molar refractivity (Wildman–Crippen MR) is 97.2 cm³/mol. The van der Waals surface area contributed by atoms with Crippen LogP contribution in [-0.2, 0) is 25.5 Å². The quantitative estimate of drug-likeness (QED) is 0.450. The van der Waals surface area contributed by atoms with Crippen molar-refractivity contribution in [2.24, 2.45) is 5.41 Å². The molecule has 0 saturated carbocycles. The third-order valence-corrected chi connectivity index (χ3v) is 3.97. The van der Waals surface area contributed by atoms with Gasteiger partial charge in [-0.15, -0.1) is 0 Å². The summed E-state index contributed by atoms with van der Waals surface area (Å²) >= 11 is 6.06. The molecule has 1 aliphatic heterocycles. The maximum absolute atomic E-state index is 12.4. The maximum atomic E-state index is 12.4. The Hall–Kier alpha value is -2.26. The summed E-state index contributed by atoms with van der Waals surface area (Å²) in [6.45, 7) is 5.77. The molecule has 0 fully saturated rings. The molecule has 1 unspecified atom stereocenters. The third-order valence-electron chi connectivity index (χ3n) is 3.75. The highest BCUT2D eigenvalue weighted by atomic mass is 35.5. The fourth-order valence-corrected chi connectivity index (χ4v) is 2.69. The number of hydrogen-bond donors (Lipinski definition) is 2. The number of nitrogens with one attached hydrogen (secondary N) is 1. The highest BCUT2D eigenvalue weighted by molar-refractivity contribution is 6.47. The topological polar surface area (TPSA) is 111 Å². The monoisotopic (exact) mass is 397 g/mol. The summed E-state index contributed by atoms with van der Waals surface area (Å²) in [6.07, 6.45) is 0.218. The number of hydrogen-bond acceptors (Lipinski definition) is 7. The van der Waals surface area contributed by atoms with E-state index in [9.17, 15) is 19.4 Å². The van der Waals surface area contributed by atoms with Gasteiger partial charge in [0.1, 0.15) is 11.3 Å². The SMILES string of the molecule is CC(=O)NC1Cc2cc(Cl)cc(C(=O)OCOC(=O)C(C)(C)C)c2OB1O. The Bertz CT molecular complexity index is 762.